The number of phenolic OH excluding ortho intramolecular Hbond substituents is 1. The van der Waals surface area contributed by atoms with Gasteiger partial charge in [-0.15, -0.1) is 0 Å². The number of hydrogen-bond acceptors (Lipinski definition) is 2. The van der Waals surface area contributed by atoms with Gasteiger partial charge >= 0.3 is 0 Å². The fourth-order valence-corrected chi connectivity index (χ4v) is 1.84. The number of benzene rings is 2. The molecule has 0 aliphatic heterocycles. The summed E-state index contributed by atoms with van der Waals surface area (Å²) in [6.45, 7) is 2.41. The van der Waals surface area contributed by atoms with E-state index in [9.17, 15) is 13.9 Å². The number of nitrogens with one attached hydrogen (secondary N) is 1. The summed E-state index contributed by atoms with van der Waals surface area (Å²) < 4.78 is 26.0. The van der Waals surface area contributed by atoms with Crippen LogP contribution in [0.15, 0.2) is 42.5 Å². The fourth-order valence-electron chi connectivity index (χ4n) is 1.84. The highest BCUT2D eigenvalue weighted by atomic mass is 19.2. The molecule has 0 radical (unpaired) electrons. The third-order valence-corrected chi connectivity index (χ3v) is 2.97. The second kappa shape index (κ2) is 5.80. The lowest BCUT2D eigenvalue weighted by Gasteiger charge is -2.14. The van der Waals surface area contributed by atoms with Crippen molar-refractivity contribution in [2.24, 2.45) is 0 Å². The van der Waals surface area contributed by atoms with Crippen LogP contribution in [0.25, 0.3) is 0 Å². The molecule has 100 valence electrons. The minimum Gasteiger partial charge on any atom is -0.508 e. The molecule has 2 nitrogen and oxygen atoms in total. The third kappa shape index (κ3) is 3.51. The maximum atomic E-state index is 13.1. The first-order valence-corrected chi connectivity index (χ1v) is 6.02. The van der Waals surface area contributed by atoms with E-state index in [-0.39, 0.29) is 11.8 Å². The highest BCUT2D eigenvalue weighted by Crippen LogP contribution is 2.17. The summed E-state index contributed by atoms with van der Waals surface area (Å²) in [7, 11) is 0. The lowest BCUT2D eigenvalue weighted by atomic mass is 10.1. The Balaban J connectivity index is 2.01. The summed E-state index contributed by atoms with van der Waals surface area (Å²) in [5.74, 6) is -1.48. The van der Waals surface area contributed by atoms with Gasteiger partial charge in [0.1, 0.15) is 5.75 Å². The van der Waals surface area contributed by atoms with Gasteiger partial charge in [0.05, 0.1) is 0 Å². The third-order valence-electron chi connectivity index (χ3n) is 2.97. The predicted molar refractivity (Wildman–Crippen MR) is 69.7 cm³/mol. The molecule has 0 fully saturated rings. The van der Waals surface area contributed by atoms with Gasteiger partial charge in [-0.1, -0.05) is 18.2 Å². The molecule has 19 heavy (non-hydrogen) atoms. The van der Waals surface area contributed by atoms with Crippen molar-refractivity contribution in [3.05, 3.63) is 65.2 Å². The summed E-state index contributed by atoms with van der Waals surface area (Å²) in [6, 6.07) is 10.6. The van der Waals surface area contributed by atoms with Gasteiger partial charge in [0.2, 0.25) is 0 Å². The summed E-state index contributed by atoms with van der Waals surface area (Å²) in [4.78, 5) is 0. The Morgan fingerprint density at radius 1 is 1.11 bits per heavy atom. The summed E-state index contributed by atoms with van der Waals surface area (Å²) >= 11 is 0. The summed E-state index contributed by atoms with van der Waals surface area (Å²) in [6.07, 6.45) is 0. The number of hydrogen-bond donors (Lipinski definition) is 2. The van der Waals surface area contributed by atoms with Crippen LogP contribution in [0.2, 0.25) is 0 Å². The Kier molecular flexibility index (Phi) is 4.12. The molecule has 0 aliphatic carbocycles. The van der Waals surface area contributed by atoms with Crippen molar-refractivity contribution in [3.8, 4) is 5.75 Å². The number of phenols is 1. The minimum atomic E-state index is -0.844. The van der Waals surface area contributed by atoms with Gasteiger partial charge in [0.25, 0.3) is 0 Å². The second-order valence-electron chi connectivity index (χ2n) is 4.45. The van der Waals surface area contributed by atoms with Crippen molar-refractivity contribution in [2.45, 2.75) is 19.5 Å². The molecule has 4 heteroatoms. The van der Waals surface area contributed by atoms with Gasteiger partial charge in [-0.3, -0.25) is 0 Å². The molecule has 0 amide bonds. The Bertz CT molecular complexity index is 572. The van der Waals surface area contributed by atoms with Crippen molar-refractivity contribution in [3.63, 3.8) is 0 Å². The van der Waals surface area contributed by atoms with E-state index in [1.807, 2.05) is 13.0 Å². The molecule has 0 aromatic heterocycles. The summed E-state index contributed by atoms with van der Waals surface area (Å²) in [5, 5.41) is 12.5. The summed E-state index contributed by atoms with van der Waals surface area (Å²) in [5.41, 5.74) is 1.61. The normalized spacial score (nSPS) is 12.4. The van der Waals surface area contributed by atoms with Gasteiger partial charge in [-0.2, -0.15) is 0 Å². The van der Waals surface area contributed by atoms with Crippen molar-refractivity contribution < 1.29 is 13.9 Å². The second-order valence-corrected chi connectivity index (χ2v) is 4.45. The fraction of sp³-hybridized carbons (Fsp3) is 0.200. The first-order chi connectivity index (χ1) is 9.06. The monoisotopic (exact) mass is 263 g/mol. The van der Waals surface area contributed by atoms with E-state index in [1.165, 1.54) is 6.07 Å². The first kappa shape index (κ1) is 13.5. The zero-order chi connectivity index (χ0) is 13.8. The molecule has 0 aliphatic rings. The van der Waals surface area contributed by atoms with E-state index in [0.29, 0.717) is 12.1 Å². The number of halogens is 2. The van der Waals surface area contributed by atoms with E-state index in [1.54, 1.807) is 24.3 Å². The maximum absolute atomic E-state index is 13.1. The van der Waals surface area contributed by atoms with Crippen LogP contribution in [0.3, 0.4) is 0 Å². The van der Waals surface area contributed by atoms with Crippen molar-refractivity contribution in [1.29, 1.82) is 0 Å². The Morgan fingerprint density at radius 2 is 1.89 bits per heavy atom. The largest absolute Gasteiger partial charge is 0.508 e. The zero-order valence-electron chi connectivity index (χ0n) is 10.5. The molecule has 0 heterocycles. The molecule has 0 saturated heterocycles. The molecular weight excluding hydrogens is 248 g/mol. The van der Waals surface area contributed by atoms with Crippen LogP contribution in [0.5, 0.6) is 5.75 Å². The van der Waals surface area contributed by atoms with E-state index in [0.717, 1.165) is 11.6 Å². The smallest absolute Gasteiger partial charge is 0.159 e. The van der Waals surface area contributed by atoms with Crippen LogP contribution in [0, 0.1) is 11.6 Å². The average molecular weight is 263 g/mol. The Labute approximate surface area is 110 Å². The van der Waals surface area contributed by atoms with Crippen LogP contribution >= 0.6 is 0 Å². The Hall–Kier alpha value is -1.94. The number of aromatic hydroxyl groups is 1. The van der Waals surface area contributed by atoms with Gasteiger partial charge < -0.3 is 10.4 Å². The van der Waals surface area contributed by atoms with E-state index in [2.05, 4.69) is 5.32 Å². The Morgan fingerprint density at radius 3 is 2.58 bits per heavy atom. The highest BCUT2D eigenvalue weighted by molar-refractivity contribution is 5.27. The molecule has 0 bridgehead atoms. The highest BCUT2D eigenvalue weighted by Gasteiger charge is 2.08. The molecule has 0 spiro atoms. The van der Waals surface area contributed by atoms with E-state index < -0.39 is 11.6 Å². The van der Waals surface area contributed by atoms with Crippen molar-refractivity contribution in [1.82, 2.24) is 5.32 Å². The quantitative estimate of drug-likeness (QED) is 0.884. The molecule has 2 aromatic rings. The van der Waals surface area contributed by atoms with Gasteiger partial charge in [0, 0.05) is 12.6 Å². The predicted octanol–water partition coefficient (Wildman–Crippen LogP) is 3.52. The lowest BCUT2D eigenvalue weighted by Crippen LogP contribution is -2.18. The lowest BCUT2D eigenvalue weighted by molar-refractivity contribution is 0.473. The van der Waals surface area contributed by atoms with E-state index in [4.69, 9.17) is 0 Å². The topological polar surface area (TPSA) is 32.3 Å². The molecule has 2 N–H and O–H groups in total. The first-order valence-electron chi connectivity index (χ1n) is 6.02. The maximum Gasteiger partial charge on any atom is 0.159 e. The average Bonchev–Trinajstić information content (AvgIpc) is 2.39. The van der Waals surface area contributed by atoms with Crippen LogP contribution in [-0.2, 0) is 6.54 Å². The standard InChI is InChI=1S/C15H15F2NO/c1-10(12-5-6-14(16)15(17)8-12)18-9-11-3-2-4-13(19)7-11/h2-8,10,18-19H,9H2,1H3. The number of rotatable bonds is 4. The van der Waals surface area contributed by atoms with Crippen LogP contribution in [0.4, 0.5) is 8.78 Å². The van der Waals surface area contributed by atoms with Crippen LogP contribution in [-0.4, -0.2) is 5.11 Å². The van der Waals surface area contributed by atoms with Crippen LogP contribution in [0.1, 0.15) is 24.1 Å². The molecule has 2 aromatic carbocycles. The minimum absolute atomic E-state index is 0.113. The van der Waals surface area contributed by atoms with Crippen LogP contribution < -0.4 is 5.32 Å². The van der Waals surface area contributed by atoms with E-state index >= 15 is 0 Å². The molecule has 0 saturated carbocycles. The molecule has 2 rings (SSSR count). The molecular formula is C15H15F2NO. The zero-order valence-corrected chi connectivity index (χ0v) is 10.5. The molecule has 1 atom stereocenters. The van der Waals surface area contributed by atoms with Gasteiger partial charge in [-0.25, -0.2) is 8.78 Å². The van der Waals surface area contributed by atoms with Gasteiger partial charge in [0.15, 0.2) is 11.6 Å². The van der Waals surface area contributed by atoms with Crippen molar-refractivity contribution in [2.75, 3.05) is 0 Å². The SMILES string of the molecule is CC(NCc1cccc(O)c1)c1ccc(F)c(F)c1. The molecule has 1 unspecified atom stereocenters. The van der Waals surface area contributed by atoms with Crippen molar-refractivity contribution >= 4 is 0 Å². The van der Waals surface area contributed by atoms with Gasteiger partial charge in [-0.05, 0) is 42.3 Å².